The fraction of sp³-hybridized carbons (Fsp3) is 0.500. The quantitative estimate of drug-likeness (QED) is 0.566. The smallest absolute Gasteiger partial charge is 0.244 e. The summed E-state index contributed by atoms with van der Waals surface area (Å²) in [6, 6.07) is 0. The molecule has 0 saturated carbocycles. The Morgan fingerprint density at radius 3 is 2.56 bits per heavy atom. The molecule has 1 saturated heterocycles. The summed E-state index contributed by atoms with van der Waals surface area (Å²) in [6.45, 7) is 3.62. The maximum absolute atomic E-state index is 11.6. The zero-order valence-electron chi connectivity index (χ0n) is 9.61. The highest BCUT2D eigenvalue weighted by molar-refractivity contribution is 5.91. The minimum absolute atomic E-state index is 0.00489. The third-order valence-electron chi connectivity index (χ3n) is 2.42. The maximum Gasteiger partial charge on any atom is 0.244 e. The molecule has 0 aromatic carbocycles. The van der Waals surface area contributed by atoms with Gasteiger partial charge in [-0.15, -0.1) is 0 Å². The van der Waals surface area contributed by atoms with Crippen LogP contribution >= 0.6 is 0 Å². The Bertz CT molecular complexity index is 302. The molecule has 0 unspecified atom stereocenters. The highest BCUT2D eigenvalue weighted by Gasteiger charge is 2.17. The summed E-state index contributed by atoms with van der Waals surface area (Å²) in [7, 11) is 0. The van der Waals surface area contributed by atoms with Gasteiger partial charge in [-0.25, -0.2) is 0 Å². The van der Waals surface area contributed by atoms with Gasteiger partial charge in [-0.1, -0.05) is 18.2 Å². The van der Waals surface area contributed by atoms with Gasteiger partial charge in [0.25, 0.3) is 0 Å². The van der Waals surface area contributed by atoms with Crippen LogP contribution in [0.4, 0.5) is 0 Å². The summed E-state index contributed by atoms with van der Waals surface area (Å²) in [6.07, 6.45) is 8.80. The first-order valence-electron chi connectivity index (χ1n) is 5.59. The van der Waals surface area contributed by atoms with Crippen molar-refractivity contribution in [2.24, 2.45) is 0 Å². The number of carbonyl (C=O) groups excluding carboxylic acids is 2. The van der Waals surface area contributed by atoms with E-state index in [0.717, 1.165) is 25.9 Å². The van der Waals surface area contributed by atoms with Gasteiger partial charge in [0.15, 0.2) is 0 Å². The number of likely N-dealkylation sites (tertiary alicyclic amines) is 1. The zero-order valence-corrected chi connectivity index (χ0v) is 9.61. The lowest BCUT2D eigenvalue weighted by molar-refractivity contribution is -0.131. The van der Waals surface area contributed by atoms with Crippen molar-refractivity contribution < 1.29 is 9.59 Å². The molecule has 0 spiro atoms. The van der Waals surface area contributed by atoms with E-state index in [0.29, 0.717) is 0 Å². The molecule has 0 aliphatic carbocycles. The highest BCUT2D eigenvalue weighted by Crippen LogP contribution is 2.06. The fourth-order valence-corrected chi connectivity index (χ4v) is 1.55. The maximum atomic E-state index is 11.6. The number of amides is 2. The topological polar surface area (TPSA) is 49.4 Å². The number of allylic oxidation sites excluding steroid dienone is 3. The van der Waals surface area contributed by atoms with Gasteiger partial charge in [0.05, 0.1) is 6.54 Å². The predicted octanol–water partition coefficient (Wildman–Crippen LogP) is 0.857. The van der Waals surface area contributed by atoms with Gasteiger partial charge in [0.2, 0.25) is 11.8 Å². The largest absolute Gasteiger partial charge is 0.343 e. The molecule has 4 nitrogen and oxygen atoms in total. The number of hydrogen-bond acceptors (Lipinski definition) is 2. The minimum atomic E-state index is -0.231. The molecular formula is C12H18N2O2. The van der Waals surface area contributed by atoms with Crippen molar-refractivity contribution in [3.8, 4) is 0 Å². The van der Waals surface area contributed by atoms with E-state index >= 15 is 0 Å². The van der Waals surface area contributed by atoms with Crippen LogP contribution in [0.2, 0.25) is 0 Å². The van der Waals surface area contributed by atoms with Gasteiger partial charge < -0.3 is 10.2 Å². The van der Waals surface area contributed by atoms with Crippen LogP contribution in [0.5, 0.6) is 0 Å². The fourth-order valence-electron chi connectivity index (χ4n) is 1.55. The number of rotatable bonds is 4. The lowest BCUT2D eigenvalue weighted by atomic mass is 10.4. The average molecular weight is 222 g/mol. The molecule has 0 radical (unpaired) electrons. The van der Waals surface area contributed by atoms with E-state index in [-0.39, 0.29) is 18.4 Å². The normalized spacial score (nSPS) is 16.2. The molecule has 0 aromatic heterocycles. The van der Waals surface area contributed by atoms with Crippen LogP contribution in [-0.4, -0.2) is 36.3 Å². The van der Waals surface area contributed by atoms with Crippen LogP contribution in [0.3, 0.4) is 0 Å². The minimum Gasteiger partial charge on any atom is -0.343 e. The SMILES string of the molecule is C/C=C/C=C/C(=O)NCC(=O)N1CCCC1. The predicted molar refractivity (Wildman–Crippen MR) is 62.8 cm³/mol. The lowest BCUT2D eigenvalue weighted by Gasteiger charge is -2.14. The second kappa shape index (κ2) is 6.82. The molecule has 1 heterocycles. The molecule has 0 atom stereocenters. The zero-order chi connectivity index (χ0) is 11.8. The molecule has 1 N–H and O–H groups in total. The van der Waals surface area contributed by atoms with Crippen LogP contribution < -0.4 is 5.32 Å². The summed E-state index contributed by atoms with van der Waals surface area (Å²) in [5.74, 6) is -0.226. The average Bonchev–Trinajstić information content (AvgIpc) is 2.79. The van der Waals surface area contributed by atoms with Crippen molar-refractivity contribution in [1.29, 1.82) is 0 Å². The monoisotopic (exact) mass is 222 g/mol. The molecule has 4 heteroatoms. The first-order valence-corrected chi connectivity index (χ1v) is 5.59. The third kappa shape index (κ3) is 4.29. The van der Waals surface area contributed by atoms with E-state index in [1.165, 1.54) is 6.08 Å². The van der Waals surface area contributed by atoms with Crippen LogP contribution in [0.25, 0.3) is 0 Å². The van der Waals surface area contributed by atoms with Crippen molar-refractivity contribution in [2.45, 2.75) is 19.8 Å². The van der Waals surface area contributed by atoms with E-state index in [1.807, 2.05) is 13.0 Å². The molecule has 1 rings (SSSR count). The van der Waals surface area contributed by atoms with Gasteiger partial charge in [0.1, 0.15) is 0 Å². The van der Waals surface area contributed by atoms with Gasteiger partial charge in [-0.2, -0.15) is 0 Å². The molecule has 2 amide bonds. The summed E-state index contributed by atoms with van der Waals surface area (Å²) in [5.41, 5.74) is 0. The Balaban J connectivity index is 2.23. The molecule has 0 bridgehead atoms. The second-order valence-corrected chi connectivity index (χ2v) is 3.69. The number of hydrogen-bond donors (Lipinski definition) is 1. The molecule has 88 valence electrons. The van der Waals surface area contributed by atoms with Crippen molar-refractivity contribution in [2.75, 3.05) is 19.6 Å². The van der Waals surface area contributed by atoms with Gasteiger partial charge >= 0.3 is 0 Å². The molecule has 1 fully saturated rings. The summed E-state index contributed by atoms with van der Waals surface area (Å²) in [4.78, 5) is 24.6. The van der Waals surface area contributed by atoms with Crippen molar-refractivity contribution in [3.63, 3.8) is 0 Å². The van der Waals surface area contributed by atoms with Crippen molar-refractivity contribution >= 4 is 11.8 Å². The van der Waals surface area contributed by atoms with Gasteiger partial charge in [-0.3, -0.25) is 9.59 Å². The summed E-state index contributed by atoms with van der Waals surface area (Å²) in [5, 5.41) is 2.57. The van der Waals surface area contributed by atoms with Crippen LogP contribution in [-0.2, 0) is 9.59 Å². The summed E-state index contributed by atoms with van der Waals surface area (Å²) >= 11 is 0. The number of carbonyl (C=O) groups is 2. The third-order valence-corrected chi connectivity index (χ3v) is 2.42. The van der Waals surface area contributed by atoms with Gasteiger partial charge in [-0.05, 0) is 19.8 Å². The Morgan fingerprint density at radius 1 is 1.25 bits per heavy atom. The van der Waals surface area contributed by atoms with Gasteiger partial charge in [0, 0.05) is 19.2 Å². The molecule has 0 aromatic rings. The van der Waals surface area contributed by atoms with Crippen LogP contribution in [0.1, 0.15) is 19.8 Å². The van der Waals surface area contributed by atoms with E-state index in [1.54, 1.807) is 17.1 Å². The number of nitrogens with zero attached hydrogens (tertiary/aromatic N) is 1. The molecular weight excluding hydrogens is 204 g/mol. The van der Waals surface area contributed by atoms with Crippen LogP contribution in [0.15, 0.2) is 24.3 Å². The Hall–Kier alpha value is -1.58. The molecule has 1 aliphatic rings. The Kier molecular flexibility index (Phi) is 5.32. The van der Waals surface area contributed by atoms with E-state index < -0.39 is 0 Å². The first kappa shape index (κ1) is 12.5. The number of nitrogens with one attached hydrogen (secondary N) is 1. The first-order chi connectivity index (χ1) is 7.74. The van der Waals surface area contributed by atoms with Crippen molar-refractivity contribution in [1.82, 2.24) is 10.2 Å². The molecule has 16 heavy (non-hydrogen) atoms. The Morgan fingerprint density at radius 2 is 1.94 bits per heavy atom. The van der Waals surface area contributed by atoms with E-state index in [2.05, 4.69) is 5.32 Å². The Labute approximate surface area is 96.0 Å². The standard InChI is InChI=1S/C12H18N2O2/c1-2-3-4-7-11(15)13-10-12(16)14-8-5-6-9-14/h2-4,7H,5-6,8-10H2,1H3,(H,13,15)/b3-2+,7-4+. The van der Waals surface area contributed by atoms with E-state index in [4.69, 9.17) is 0 Å². The summed E-state index contributed by atoms with van der Waals surface area (Å²) < 4.78 is 0. The molecule has 1 aliphatic heterocycles. The van der Waals surface area contributed by atoms with E-state index in [9.17, 15) is 9.59 Å². The van der Waals surface area contributed by atoms with Crippen molar-refractivity contribution in [3.05, 3.63) is 24.3 Å². The second-order valence-electron chi connectivity index (χ2n) is 3.69. The highest BCUT2D eigenvalue weighted by atomic mass is 16.2. The lowest BCUT2D eigenvalue weighted by Crippen LogP contribution is -2.38. The van der Waals surface area contributed by atoms with Crippen LogP contribution in [0, 0.1) is 0 Å².